The van der Waals surface area contributed by atoms with Crippen LogP contribution in [0, 0.1) is 0 Å². The number of hydrogen-bond acceptors (Lipinski definition) is 4. The summed E-state index contributed by atoms with van der Waals surface area (Å²) in [5.74, 6) is -1.73. The first-order valence-electron chi connectivity index (χ1n) is 11.7. The molecule has 0 spiro atoms. The zero-order chi connectivity index (χ0) is 27.3. The van der Waals surface area contributed by atoms with Crippen LogP contribution in [0.15, 0.2) is 97.1 Å². The van der Waals surface area contributed by atoms with E-state index in [0.29, 0.717) is 11.1 Å². The lowest BCUT2D eigenvalue weighted by Crippen LogP contribution is -2.43. The highest BCUT2D eigenvalue weighted by Crippen LogP contribution is 2.32. The molecular weight excluding hydrogens is 495 g/mol. The topological polar surface area (TPSA) is 75.6 Å². The molecule has 2 N–H and O–H groups in total. The molecule has 0 unspecified atom stereocenters. The third kappa shape index (κ3) is 6.21. The largest absolute Gasteiger partial charge is 0.507 e. The Bertz CT molecular complexity index is 1420. The van der Waals surface area contributed by atoms with Gasteiger partial charge in [-0.1, -0.05) is 72.8 Å². The van der Waals surface area contributed by atoms with Gasteiger partial charge in [0.2, 0.25) is 0 Å². The molecule has 0 heterocycles. The molecule has 8 heteroatoms. The van der Waals surface area contributed by atoms with Crippen LogP contribution in [-0.4, -0.2) is 30.1 Å². The van der Waals surface area contributed by atoms with Crippen molar-refractivity contribution in [1.82, 2.24) is 5.32 Å². The van der Waals surface area contributed by atoms with E-state index >= 15 is 0 Å². The minimum Gasteiger partial charge on any atom is -0.507 e. The van der Waals surface area contributed by atoms with Crippen LogP contribution in [-0.2, 0) is 22.1 Å². The molecule has 0 saturated heterocycles. The number of halogens is 3. The van der Waals surface area contributed by atoms with Gasteiger partial charge in [0.25, 0.3) is 5.91 Å². The summed E-state index contributed by atoms with van der Waals surface area (Å²) < 4.78 is 43.5. The number of hydrogen-bond donors (Lipinski definition) is 2. The Morgan fingerprint density at radius 2 is 1.37 bits per heavy atom. The smallest absolute Gasteiger partial charge is 0.416 e. The highest BCUT2D eigenvalue weighted by Gasteiger charge is 2.30. The summed E-state index contributed by atoms with van der Waals surface area (Å²) >= 11 is 0. The summed E-state index contributed by atoms with van der Waals surface area (Å²) in [6, 6.07) is 24.9. The van der Waals surface area contributed by atoms with Crippen molar-refractivity contribution < 1.29 is 32.6 Å². The number of phenols is 1. The predicted molar refractivity (Wildman–Crippen MR) is 137 cm³/mol. The van der Waals surface area contributed by atoms with Gasteiger partial charge in [-0.15, -0.1) is 0 Å². The minimum atomic E-state index is -4.47. The van der Waals surface area contributed by atoms with Crippen LogP contribution >= 0.6 is 0 Å². The number of nitrogens with one attached hydrogen (secondary N) is 1. The number of benzene rings is 4. The van der Waals surface area contributed by atoms with Crippen LogP contribution in [0.2, 0.25) is 0 Å². The van der Waals surface area contributed by atoms with Gasteiger partial charge in [0.1, 0.15) is 11.8 Å². The third-order valence-corrected chi connectivity index (χ3v) is 6.08. The van der Waals surface area contributed by atoms with Crippen LogP contribution in [0.5, 0.6) is 5.75 Å². The van der Waals surface area contributed by atoms with E-state index in [4.69, 9.17) is 4.74 Å². The number of esters is 1. The lowest BCUT2D eigenvalue weighted by Gasteiger charge is -2.18. The van der Waals surface area contributed by atoms with Crippen LogP contribution in [0.4, 0.5) is 13.2 Å². The molecule has 4 aromatic rings. The lowest BCUT2D eigenvalue weighted by molar-refractivity contribution is -0.143. The number of ether oxygens (including phenoxy) is 1. The van der Waals surface area contributed by atoms with Gasteiger partial charge in [-0.3, -0.25) is 4.79 Å². The molecule has 4 rings (SSSR count). The van der Waals surface area contributed by atoms with Gasteiger partial charge in [0.15, 0.2) is 0 Å². The zero-order valence-electron chi connectivity index (χ0n) is 20.3. The maximum atomic E-state index is 13.1. The molecule has 0 bridgehead atoms. The van der Waals surface area contributed by atoms with Crippen molar-refractivity contribution >= 4 is 11.9 Å². The van der Waals surface area contributed by atoms with Gasteiger partial charge in [0, 0.05) is 6.42 Å². The standard InChI is InChI=1S/C30H24F3NO4/c1-38-29(37)26(17-19-7-9-21(10-8-19)20-5-3-2-4-6-20)34-28(36)25-18-23(13-16-27(25)35)22-11-14-24(15-12-22)30(31,32)33/h2-16,18,26,35H,17H2,1H3,(H,34,36)/t26-/m0/s1. The van der Waals surface area contributed by atoms with E-state index in [0.717, 1.165) is 28.8 Å². The maximum Gasteiger partial charge on any atom is 0.416 e. The van der Waals surface area contributed by atoms with E-state index in [1.165, 1.54) is 37.4 Å². The molecule has 0 aliphatic carbocycles. The molecule has 38 heavy (non-hydrogen) atoms. The van der Waals surface area contributed by atoms with Gasteiger partial charge < -0.3 is 15.2 Å². The van der Waals surface area contributed by atoms with Crippen LogP contribution in [0.25, 0.3) is 22.3 Å². The third-order valence-electron chi connectivity index (χ3n) is 6.08. The second-order valence-electron chi connectivity index (χ2n) is 8.62. The Labute approximate surface area is 217 Å². The van der Waals surface area contributed by atoms with Gasteiger partial charge >= 0.3 is 12.1 Å². The Hall–Kier alpha value is -4.59. The molecule has 0 saturated carbocycles. The monoisotopic (exact) mass is 519 g/mol. The molecule has 4 aromatic carbocycles. The van der Waals surface area contributed by atoms with Crippen LogP contribution in [0.1, 0.15) is 21.5 Å². The number of rotatable bonds is 7. The first-order valence-corrected chi connectivity index (χ1v) is 11.7. The second-order valence-corrected chi connectivity index (χ2v) is 8.62. The van der Waals surface area contributed by atoms with Crippen molar-refractivity contribution in [3.05, 3.63) is 114 Å². The number of carbonyl (C=O) groups excluding carboxylic acids is 2. The normalized spacial score (nSPS) is 12.0. The second kappa shape index (κ2) is 11.2. The van der Waals surface area contributed by atoms with Gasteiger partial charge in [0.05, 0.1) is 18.2 Å². The Morgan fingerprint density at radius 3 is 1.97 bits per heavy atom. The summed E-state index contributed by atoms with van der Waals surface area (Å²) in [5.41, 5.74) is 2.75. The molecule has 0 aliphatic heterocycles. The Morgan fingerprint density at radius 1 is 0.816 bits per heavy atom. The molecule has 1 atom stereocenters. The van der Waals surface area contributed by atoms with Crippen molar-refractivity contribution in [2.24, 2.45) is 0 Å². The van der Waals surface area contributed by atoms with Gasteiger partial charge in [-0.2, -0.15) is 13.2 Å². The van der Waals surface area contributed by atoms with Crippen molar-refractivity contribution in [1.29, 1.82) is 0 Å². The Kier molecular flexibility index (Phi) is 7.81. The van der Waals surface area contributed by atoms with E-state index in [-0.39, 0.29) is 17.7 Å². The molecule has 0 fully saturated rings. The molecule has 1 amide bonds. The maximum absolute atomic E-state index is 13.1. The van der Waals surface area contributed by atoms with Crippen molar-refractivity contribution in [3.63, 3.8) is 0 Å². The molecule has 5 nitrogen and oxygen atoms in total. The van der Waals surface area contributed by atoms with Crippen molar-refractivity contribution in [2.75, 3.05) is 7.11 Å². The zero-order valence-corrected chi connectivity index (χ0v) is 20.3. The fraction of sp³-hybridized carbons (Fsp3) is 0.133. The average molecular weight is 520 g/mol. The van der Waals surface area contributed by atoms with Crippen LogP contribution < -0.4 is 5.32 Å². The minimum absolute atomic E-state index is 0.129. The summed E-state index contributed by atoms with van der Waals surface area (Å²) in [6.45, 7) is 0. The van der Waals surface area contributed by atoms with Crippen LogP contribution in [0.3, 0.4) is 0 Å². The molecule has 0 radical (unpaired) electrons. The lowest BCUT2D eigenvalue weighted by atomic mass is 9.99. The number of aromatic hydroxyl groups is 1. The SMILES string of the molecule is COC(=O)[C@H](Cc1ccc(-c2ccccc2)cc1)NC(=O)c1cc(-c2ccc(C(F)(F)F)cc2)ccc1O. The highest BCUT2D eigenvalue weighted by atomic mass is 19.4. The molecular formula is C30H24F3NO4. The summed E-state index contributed by atoms with van der Waals surface area (Å²) in [7, 11) is 1.21. The first kappa shape index (κ1) is 26.5. The first-order chi connectivity index (χ1) is 18.2. The van der Waals surface area contributed by atoms with E-state index in [2.05, 4.69) is 5.32 Å². The number of phenolic OH excluding ortho intramolecular Hbond substituents is 1. The van der Waals surface area contributed by atoms with E-state index in [1.807, 2.05) is 54.6 Å². The van der Waals surface area contributed by atoms with E-state index < -0.39 is 29.7 Å². The fourth-order valence-corrected chi connectivity index (χ4v) is 4.02. The fourth-order valence-electron chi connectivity index (χ4n) is 4.02. The number of methoxy groups -OCH3 is 1. The average Bonchev–Trinajstić information content (AvgIpc) is 2.93. The molecule has 0 aliphatic rings. The quantitative estimate of drug-likeness (QED) is 0.283. The predicted octanol–water partition coefficient (Wildman–Crippen LogP) is 6.26. The molecule has 0 aromatic heterocycles. The van der Waals surface area contributed by atoms with Gasteiger partial charge in [-0.05, 0) is 52.1 Å². The summed E-state index contributed by atoms with van der Waals surface area (Å²) in [4.78, 5) is 25.5. The summed E-state index contributed by atoms with van der Waals surface area (Å²) in [6.07, 6.45) is -4.32. The van der Waals surface area contributed by atoms with E-state index in [1.54, 1.807) is 0 Å². The number of amides is 1. The summed E-state index contributed by atoms with van der Waals surface area (Å²) in [5, 5.41) is 12.9. The number of alkyl halides is 3. The van der Waals surface area contributed by atoms with Gasteiger partial charge in [-0.25, -0.2) is 4.79 Å². The van der Waals surface area contributed by atoms with Crippen molar-refractivity contribution in [3.8, 4) is 28.0 Å². The van der Waals surface area contributed by atoms with Crippen molar-refractivity contribution in [2.45, 2.75) is 18.6 Å². The number of carbonyl (C=O) groups is 2. The Balaban J connectivity index is 1.53. The molecule has 194 valence electrons. The van der Waals surface area contributed by atoms with E-state index in [9.17, 15) is 27.9 Å². The highest BCUT2D eigenvalue weighted by molar-refractivity contribution is 6.00.